The van der Waals surface area contributed by atoms with E-state index in [-0.39, 0.29) is 0 Å². The first kappa shape index (κ1) is 18.4. The Morgan fingerprint density at radius 2 is 1.92 bits per heavy atom. The van der Waals surface area contributed by atoms with E-state index in [0.717, 1.165) is 4.90 Å². The smallest absolute Gasteiger partial charge is 0.327 e. The third-order valence-electron chi connectivity index (χ3n) is 3.94. The van der Waals surface area contributed by atoms with Gasteiger partial charge in [0.2, 0.25) is 0 Å². The molecule has 25 heavy (non-hydrogen) atoms. The van der Waals surface area contributed by atoms with Crippen LogP contribution in [-0.2, 0) is 24.7 Å². The van der Waals surface area contributed by atoms with E-state index in [2.05, 4.69) is 10.6 Å². The average molecular weight is 347 g/mol. The Bertz CT molecular complexity index is 691. The Hall–Kier alpha value is -2.90. The summed E-state index contributed by atoms with van der Waals surface area (Å²) >= 11 is 0. The number of nitrogens with one attached hydrogen (secondary N) is 2. The molecule has 2 N–H and O–H groups in total. The van der Waals surface area contributed by atoms with E-state index in [9.17, 15) is 19.2 Å². The van der Waals surface area contributed by atoms with Crippen molar-refractivity contribution in [2.75, 3.05) is 13.1 Å². The van der Waals surface area contributed by atoms with Crippen LogP contribution in [0.2, 0.25) is 0 Å². The summed E-state index contributed by atoms with van der Waals surface area (Å²) in [7, 11) is 0. The Morgan fingerprint density at radius 1 is 1.28 bits per heavy atom. The zero-order valence-electron chi connectivity index (χ0n) is 14.4. The monoisotopic (exact) mass is 347 g/mol. The maximum atomic E-state index is 12.7. The van der Waals surface area contributed by atoms with Crippen LogP contribution >= 0.6 is 0 Å². The summed E-state index contributed by atoms with van der Waals surface area (Å²) in [6.45, 7) is 4.58. The molecular weight excluding hydrogens is 326 g/mol. The van der Waals surface area contributed by atoms with Gasteiger partial charge in [-0.3, -0.25) is 19.3 Å². The highest BCUT2D eigenvalue weighted by atomic mass is 16.5. The van der Waals surface area contributed by atoms with Gasteiger partial charge in [-0.1, -0.05) is 30.3 Å². The number of hydrogen-bond acceptors (Lipinski definition) is 5. The lowest BCUT2D eigenvalue weighted by molar-refractivity contribution is -0.156. The van der Waals surface area contributed by atoms with E-state index in [0.29, 0.717) is 12.1 Å². The number of nitrogens with zero attached hydrogens (tertiary/aromatic N) is 1. The van der Waals surface area contributed by atoms with E-state index in [1.807, 2.05) is 0 Å². The molecule has 1 fully saturated rings. The molecule has 1 aliphatic rings. The molecule has 4 amide bonds. The number of likely N-dealkylation sites (N-methyl/N-ethyl adjacent to an activating group) is 1. The van der Waals surface area contributed by atoms with Gasteiger partial charge < -0.3 is 15.4 Å². The van der Waals surface area contributed by atoms with Crippen LogP contribution in [0.4, 0.5) is 4.79 Å². The van der Waals surface area contributed by atoms with Crippen molar-refractivity contribution in [1.29, 1.82) is 0 Å². The Kier molecular flexibility index (Phi) is 5.41. The fourth-order valence-electron chi connectivity index (χ4n) is 2.54. The molecule has 8 nitrogen and oxygen atoms in total. The van der Waals surface area contributed by atoms with Gasteiger partial charge >= 0.3 is 12.0 Å². The molecule has 1 aromatic rings. The minimum absolute atomic E-state index is 0.406. The molecule has 0 spiro atoms. The van der Waals surface area contributed by atoms with Crippen molar-refractivity contribution in [1.82, 2.24) is 15.5 Å². The molecule has 2 atom stereocenters. The van der Waals surface area contributed by atoms with Crippen LogP contribution in [-0.4, -0.2) is 47.9 Å². The molecule has 2 rings (SSSR count). The zero-order chi connectivity index (χ0) is 18.6. The quantitative estimate of drug-likeness (QED) is 0.577. The predicted molar refractivity (Wildman–Crippen MR) is 88.3 cm³/mol. The minimum Gasteiger partial charge on any atom is -0.451 e. The average Bonchev–Trinajstić information content (AvgIpc) is 2.80. The Balaban J connectivity index is 2.06. The molecule has 1 heterocycles. The van der Waals surface area contributed by atoms with Crippen molar-refractivity contribution in [3.8, 4) is 0 Å². The molecule has 0 unspecified atom stereocenters. The van der Waals surface area contributed by atoms with Crippen LogP contribution in [0, 0.1) is 0 Å². The van der Waals surface area contributed by atoms with Crippen molar-refractivity contribution in [2.24, 2.45) is 0 Å². The molecule has 1 saturated heterocycles. The lowest BCUT2D eigenvalue weighted by atomic mass is 9.92. The van der Waals surface area contributed by atoms with E-state index < -0.39 is 42.0 Å². The summed E-state index contributed by atoms with van der Waals surface area (Å²) in [6.07, 6.45) is -1.01. The number of urea groups is 1. The molecular formula is C17H21N3O5. The van der Waals surface area contributed by atoms with Gasteiger partial charge in [-0.15, -0.1) is 0 Å². The lowest BCUT2D eigenvalue weighted by Crippen LogP contribution is -2.42. The summed E-state index contributed by atoms with van der Waals surface area (Å²) in [5.41, 5.74) is -0.635. The summed E-state index contributed by atoms with van der Waals surface area (Å²) in [5, 5.41) is 5.12. The first-order valence-corrected chi connectivity index (χ1v) is 7.96. The minimum atomic E-state index is -1.25. The van der Waals surface area contributed by atoms with Crippen LogP contribution < -0.4 is 10.6 Å². The van der Waals surface area contributed by atoms with Crippen LogP contribution in [0.3, 0.4) is 0 Å². The summed E-state index contributed by atoms with van der Waals surface area (Å²) in [4.78, 5) is 49.1. The highest BCUT2D eigenvalue weighted by Gasteiger charge is 2.49. The molecule has 0 aromatic heterocycles. The van der Waals surface area contributed by atoms with Crippen LogP contribution in [0.5, 0.6) is 0 Å². The highest BCUT2D eigenvalue weighted by molar-refractivity contribution is 6.08. The molecule has 1 aromatic carbocycles. The number of benzene rings is 1. The second kappa shape index (κ2) is 7.33. The van der Waals surface area contributed by atoms with Gasteiger partial charge in [0.05, 0.1) is 0 Å². The number of rotatable bonds is 6. The van der Waals surface area contributed by atoms with Crippen LogP contribution in [0.1, 0.15) is 26.3 Å². The Morgan fingerprint density at radius 3 is 2.52 bits per heavy atom. The third kappa shape index (κ3) is 3.78. The van der Waals surface area contributed by atoms with Crippen molar-refractivity contribution in [3.05, 3.63) is 35.9 Å². The number of carbonyl (C=O) groups is 4. The van der Waals surface area contributed by atoms with Crippen molar-refractivity contribution < 1.29 is 23.9 Å². The van der Waals surface area contributed by atoms with Gasteiger partial charge in [0, 0.05) is 6.54 Å². The second-order valence-electron chi connectivity index (χ2n) is 5.84. The maximum Gasteiger partial charge on any atom is 0.327 e. The fourth-order valence-corrected chi connectivity index (χ4v) is 2.54. The normalized spacial score (nSPS) is 20.8. The molecule has 0 saturated carbocycles. The molecule has 0 radical (unpaired) electrons. The molecule has 1 aliphatic heterocycles. The van der Waals surface area contributed by atoms with Gasteiger partial charge in [0.25, 0.3) is 11.8 Å². The van der Waals surface area contributed by atoms with Gasteiger partial charge in [0.1, 0.15) is 12.1 Å². The molecule has 0 bridgehead atoms. The summed E-state index contributed by atoms with van der Waals surface area (Å²) in [5.74, 6) is -1.83. The van der Waals surface area contributed by atoms with Gasteiger partial charge in [-0.2, -0.15) is 0 Å². The van der Waals surface area contributed by atoms with E-state index in [1.165, 1.54) is 6.92 Å². The molecule has 134 valence electrons. The third-order valence-corrected chi connectivity index (χ3v) is 3.94. The molecule has 0 aliphatic carbocycles. The highest BCUT2D eigenvalue weighted by Crippen LogP contribution is 2.28. The Labute approximate surface area is 145 Å². The van der Waals surface area contributed by atoms with Gasteiger partial charge in [0.15, 0.2) is 6.10 Å². The standard InChI is InChI=1S/C17H21N3O5/c1-4-18-14(22)11(2)25-13(21)10-20-15(23)17(3,19-16(20)24)12-8-6-5-7-9-12/h5-9,11H,4,10H2,1-3H3,(H,18,22)(H,19,24)/t11-,17+/m1/s1. The first-order chi connectivity index (χ1) is 11.8. The lowest BCUT2D eigenvalue weighted by Gasteiger charge is -2.22. The van der Waals surface area contributed by atoms with Gasteiger partial charge in [-0.25, -0.2) is 4.79 Å². The predicted octanol–water partition coefficient (Wildman–Crippen LogP) is 0.521. The second-order valence-corrected chi connectivity index (χ2v) is 5.84. The maximum absolute atomic E-state index is 12.7. The summed E-state index contributed by atoms with van der Waals surface area (Å²) in [6, 6.07) is 8.06. The topological polar surface area (TPSA) is 105 Å². The number of esters is 1. The number of amides is 4. The summed E-state index contributed by atoms with van der Waals surface area (Å²) < 4.78 is 4.97. The fraction of sp³-hybridized carbons (Fsp3) is 0.412. The first-order valence-electron chi connectivity index (χ1n) is 7.96. The van der Waals surface area contributed by atoms with Crippen LogP contribution in [0.25, 0.3) is 0 Å². The molecule has 8 heteroatoms. The number of ether oxygens (including phenoxy) is 1. The number of carbonyl (C=O) groups excluding carboxylic acids is 4. The van der Waals surface area contributed by atoms with Crippen molar-refractivity contribution >= 4 is 23.8 Å². The van der Waals surface area contributed by atoms with Crippen molar-refractivity contribution in [3.63, 3.8) is 0 Å². The number of imide groups is 1. The van der Waals surface area contributed by atoms with E-state index in [4.69, 9.17) is 4.74 Å². The number of hydrogen-bond donors (Lipinski definition) is 2. The largest absolute Gasteiger partial charge is 0.451 e. The van der Waals surface area contributed by atoms with Gasteiger partial charge in [-0.05, 0) is 26.3 Å². The SMILES string of the molecule is CCNC(=O)[C@@H](C)OC(=O)CN1C(=O)N[C@@](C)(c2ccccc2)C1=O. The van der Waals surface area contributed by atoms with Crippen LogP contribution in [0.15, 0.2) is 30.3 Å². The van der Waals surface area contributed by atoms with E-state index in [1.54, 1.807) is 44.2 Å². The zero-order valence-corrected chi connectivity index (χ0v) is 14.4. The van der Waals surface area contributed by atoms with Crippen molar-refractivity contribution in [2.45, 2.75) is 32.4 Å². The van der Waals surface area contributed by atoms with E-state index >= 15 is 0 Å².